The number of hydrogen-bond donors (Lipinski definition) is 2. The minimum atomic E-state index is -0.522. The molecule has 0 spiro atoms. The van der Waals surface area contributed by atoms with Gasteiger partial charge in [-0.05, 0) is 43.1 Å². The molecule has 0 radical (unpaired) electrons. The number of primary amides is 1. The Morgan fingerprint density at radius 3 is 2.72 bits per heavy atom. The van der Waals surface area contributed by atoms with E-state index in [4.69, 9.17) is 11.5 Å². The Kier molecular flexibility index (Phi) is 3.43. The Balaban J connectivity index is 2.35. The van der Waals surface area contributed by atoms with Gasteiger partial charge >= 0.3 is 0 Å². The smallest absolute Gasteiger partial charge is 0.269 e. The molecule has 5 heteroatoms. The first kappa shape index (κ1) is 12.3. The number of carbonyl (C=O) groups is 1. The molecule has 1 aromatic heterocycles. The van der Waals surface area contributed by atoms with Crippen molar-refractivity contribution in [1.29, 1.82) is 0 Å². The van der Waals surface area contributed by atoms with Crippen LogP contribution in [0.15, 0.2) is 30.5 Å². The molecule has 0 bridgehead atoms. The molecule has 0 saturated heterocycles. The summed E-state index contributed by atoms with van der Waals surface area (Å²) < 4.78 is 1.65. The number of aromatic nitrogens is 2. The molecule has 0 aliphatic heterocycles. The minimum Gasteiger partial charge on any atom is -0.364 e. The van der Waals surface area contributed by atoms with Crippen LogP contribution in [-0.4, -0.2) is 22.2 Å². The minimum absolute atomic E-state index is 0.264. The number of benzene rings is 1. The van der Waals surface area contributed by atoms with E-state index in [2.05, 4.69) is 11.2 Å². The van der Waals surface area contributed by atoms with Crippen molar-refractivity contribution in [2.45, 2.75) is 13.3 Å². The first-order valence-corrected chi connectivity index (χ1v) is 5.77. The van der Waals surface area contributed by atoms with Gasteiger partial charge in [-0.2, -0.15) is 5.10 Å². The molecule has 4 N–H and O–H groups in total. The van der Waals surface area contributed by atoms with E-state index in [9.17, 15) is 4.79 Å². The van der Waals surface area contributed by atoms with Crippen LogP contribution < -0.4 is 11.5 Å². The number of aryl methyl sites for hydroxylation is 1. The molecule has 0 fully saturated rings. The van der Waals surface area contributed by atoms with Crippen LogP contribution >= 0.6 is 0 Å². The Morgan fingerprint density at radius 2 is 2.17 bits per heavy atom. The van der Waals surface area contributed by atoms with Gasteiger partial charge in [-0.1, -0.05) is 12.1 Å². The van der Waals surface area contributed by atoms with E-state index >= 15 is 0 Å². The molecular weight excluding hydrogens is 228 g/mol. The van der Waals surface area contributed by atoms with Crippen molar-refractivity contribution < 1.29 is 4.79 Å². The number of nitrogens with zero attached hydrogens (tertiary/aromatic N) is 2. The molecule has 94 valence electrons. The number of hydrogen-bond acceptors (Lipinski definition) is 3. The summed E-state index contributed by atoms with van der Waals surface area (Å²) in [6.45, 7) is 2.63. The molecule has 18 heavy (non-hydrogen) atoms. The first-order valence-electron chi connectivity index (χ1n) is 5.77. The van der Waals surface area contributed by atoms with E-state index in [0.717, 1.165) is 17.7 Å². The van der Waals surface area contributed by atoms with Gasteiger partial charge in [0.05, 0.1) is 5.69 Å². The lowest BCUT2D eigenvalue weighted by Gasteiger charge is -2.08. The normalized spacial score (nSPS) is 10.6. The van der Waals surface area contributed by atoms with Crippen molar-refractivity contribution in [3.05, 3.63) is 47.3 Å². The second-order valence-corrected chi connectivity index (χ2v) is 4.17. The molecule has 0 unspecified atom stereocenters. The van der Waals surface area contributed by atoms with E-state index in [1.807, 2.05) is 19.1 Å². The largest absolute Gasteiger partial charge is 0.364 e. The van der Waals surface area contributed by atoms with Gasteiger partial charge in [0.25, 0.3) is 5.91 Å². The van der Waals surface area contributed by atoms with Crippen molar-refractivity contribution >= 4 is 5.91 Å². The third kappa shape index (κ3) is 2.41. The predicted octanol–water partition coefficient (Wildman–Crippen LogP) is 0.781. The number of carbonyl (C=O) groups excluding carboxylic acids is 1. The van der Waals surface area contributed by atoms with Crippen LogP contribution in [-0.2, 0) is 6.42 Å². The Hall–Kier alpha value is -2.14. The van der Waals surface area contributed by atoms with Crippen molar-refractivity contribution in [2.75, 3.05) is 6.54 Å². The lowest BCUT2D eigenvalue weighted by Crippen LogP contribution is -2.12. The van der Waals surface area contributed by atoms with Gasteiger partial charge in [0.15, 0.2) is 0 Å². The summed E-state index contributed by atoms with van der Waals surface area (Å²) in [6, 6.07) is 7.67. The Labute approximate surface area is 105 Å². The zero-order valence-corrected chi connectivity index (χ0v) is 10.3. The van der Waals surface area contributed by atoms with Gasteiger partial charge < -0.3 is 11.5 Å². The molecule has 1 amide bonds. The van der Waals surface area contributed by atoms with E-state index in [1.165, 1.54) is 5.56 Å². The third-order valence-corrected chi connectivity index (χ3v) is 2.78. The van der Waals surface area contributed by atoms with Crippen LogP contribution in [0.4, 0.5) is 0 Å². The molecule has 0 saturated carbocycles. The van der Waals surface area contributed by atoms with E-state index in [1.54, 1.807) is 16.9 Å². The van der Waals surface area contributed by atoms with Crippen LogP contribution in [0.25, 0.3) is 5.69 Å². The van der Waals surface area contributed by atoms with E-state index in [0.29, 0.717) is 6.54 Å². The lowest BCUT2D eigenvalue weighted by molar-refractivity contribution is 0.0995. The van der Waals surface area contributed by atoms with Gasteiger partial charge in [0.2, 0.25) is 0 Å². The van der Waals surface area contributed by atoms with Gasteiger partial charge in [-0.3, -0.25) is 4.79 Å². The fourth-order valence-corrected chi connectivity index (χ4v) is 1.89. The molecule has 1 aromatic carbocycles. The average molecular weight is 244 g/mol. The summed E-state index contributed by atoms with van der Waals surface area (Å²) >= 11 is 0. The van der Waals surface area contributed by atoms with Crippen LogP contribution in [0.3, 0.4) is 0 Å². The zero-order valence-electron chi connectivity index (χ0n) is 10.3. The summed E-state index contributed by atoms with van der Waals surface area (Å²) in [4.78, 5) is 11.0. The quantitative estimate of drug-likeness (QED) is 0.833. The zero-order chi connectivity index (χ0) is 13.1. The Morgan fingerprint density at radius 1 is 1.39 bits per heavy atom. The second-order valence-electron chi connectivity index (χ2n) is 4.17. The summed E-state index contributed by atoms with van der Waals surface area (Å²) in [5.74, 6) is -0.522. The molecule has 1 heterocycles. The third-order valence-electron chi connectivity index (χ3n) is 2.78. The maximum Gasteiger partial charge on any atom is 0.269 e. The van der Waals surface area contributed by atoms with Crippen LogP contribution in [0, 0.1) is 6.92 Å². The highest BCUT2D eigenvalue weighted by Gasteiger charge is 2.07. The molecule has 0 aliphatic carbocycles. The van der Waals surface area contributed by atoms with Gasteiger partial charge in [-0.15, -0.1) is 0 Å². The van der Waals surface area contributed by atoms with Crippen molar-refractivity contribution in [2.24, 2.45) is 11.5 Å². The fourth-order valence-electron chi connectivity index (χ4n) is 1.89. The van der Waals surface area contributed by atoms with E-state index in [-0.39, 0.29) is 5.69 Å². The Bertz CT molecular complexity index is 574. The molecule has 0 aliphatic rings. The summed E-state index contributed by atoms with van der Waals surface area (Å²) in [7, 11) is 0. The van der Waals surface area contributed by atoms with E-state index < -0.39 is 5.91 Å². The molecule has 2 rings (SSSR count). The van der Waals surface area contributed by atoms with Gasteiger partial charge in [0.1, 0.15) is 5.69 Å². The number of nitrogens with two attached hydrogens (primary N) is 2. The summed E-state index contributed by atoms with van der Waals surface area (Å²) in [5.41, 5.74) is 14.2. The highest BCUT2D eigenvalue weighted by molar-refractivity contribution is 5.90. The van der Waals surface area contributed by atoms with Crippen molar-refractivity contribution in [1.82, 2.24) is 9.78 Å². The van der Waals surface area contributed by atoms with Gasteiger partial charge in [0, 0.05) is 6.20 Å². The second kappa shape index (κ2) is 5.01. The highest BCUT2D eigenvalue weighted by atomic mass is 16.1. The average Bonchev–Trinajstić information content (AvgIpc) is 2.79. The van der Waals surface area contributed by atoms with Crippen molar-refractivity contribution in [3.8, 4) is 5.69 Å². The monoisotopic (exact) mass is 244 g/mol. The molecule has 2 aromatic rings. The summed E-state index contributed by atoms with van der Waals surface area (Å²) in [6.07, 6.45) is 2.58. The molecule has 5 nitrogen and oxygen atoms in total. The molecule has 0 atom stereocenters. The first-order chi connectivity index (χ1) is 8.61. The lowest BCUT2D eigenvalue weighted by atomic mass is 10.1. The summed E-state index contributed by atoms with van der Waals surface area (Å²) in [5, 5.41) is 4.13. The number of rotatable bonds is 4. The van der Waals surface area contributed by atoms with Crippen LogP contribution in [0.1, 0.15) is 21.6 Å². The fraction of sp³-hybridized carbons (Fsp3) is 0.231. The van der Waals surface area contributed by atoms with Crippen molar-refractivity contribution in [3.63, 3.8) is 0 Å². The van der Waals surface area contributed by atoms with Crippen LogP contribution in [0.2, 0.25) is 0 Å². The van der Waals surface area contributed by atoms with Gasteiger partial charge in [-0.25, -0.2) is 4.68 Å². The topological polar surface area (TPSA) is 86.9 Å². The predicted molar refractivity (Wildman–Crippen MR) is 69.6 cm³/mol. The number of amides is 1. The van der Waals surface area contributed by atoms with Crippen LogP contribution in [0.5, 0.6) is 0 Å². The standard InChI is InChI=1S/C13H16N4O/c1-9-8-10(4-6-14)2-3-12(9)17-7-5-11(16-17)13(15)18/h2-3,5,7-8H,4,6,14H2,1H3,(H2,15,18). The maximum atomic E-state index is 11.0. The maximum absolute atomic E-state index is 11.0. The SMILES string of the molecule is Cc1cc(CCN)ccc1-n1ccc(C(N)=O)n1. The molecular formula is C13H16N4O. The highest BCUT2D eigenvalue weighted by Crippen LogP contribution is 2.15.